The average molecular weight is 259 g/mol. The lowest BCUT2D eigenvalue weighted by atomic mass is 10.2. The highest BCUT2D eigenvalue weighted by Crippen LogP contribution is 2.25. The minimum absolute atomic E-state index is 0.882. The van der Waals surface area contributed by atoms with E-state index in [9.17, 15) is 0 Å². The number of fused-ring (bicyclic) bond motifs is 1. The number of hydrogen-bond acceptors (Lipinski definition) is 2. The van der Waals surface area contributed by atoms with Crippen molar-refractivity contribution in [2.75, 3.05) is 0 Å². The molecule has 0 amide bonds. The molecule has 1 aliphatic heterocycles. The molecular weight excluding hydrogens is 253 g/mol. The van der Waals surface area contributed by atoms with Gasteiger partial charge >= 0.3 is 0 Å². The SMILES string of the molecule is IC1=Cc2ccccc2ON1. The number of para-hydroxylation sites is 1. The molecule has 0 aromatic heterocycles. The Morgan fingerprint density at radius 3 is 3.00 bits per heavy atom. The largest absolute Gasteiger partial charge is 0.381 e. The van der Waals surface area contributed by atoms with Crippen LogP contribution in [0.2, 0.25) is 0 Å². The lowest BCUT2D eigenvalue weighted by Crippen LogP contribution is -2.17. The Morgan fingerprint density at radius 1 is 1.27 bits per heavy atom. The first-order valence-electron chi connectivity index (χ1n) is 3.25. The number of rotatable bonds is 0. The molecule has 0 saturated heterocycles. The minimum atomic E-state index is 0.882. The lowest BCUT2D eigenvalue weighted by Gasteiger charge is -2.14. The van der Waals surface area contributed by atoms with Crippen molar-refractivity contribution in [1.29, 1.82) is 0 Å². The lowest BCUT2D eigenvalue weighted by molar-refractivity contribution is 0.237. The van der Waals surface area contributed by atoms with Crippen molar-refractivity contribution in [2.45, 2.75) is 0 Å². The van der Waals surface area contributed by atoms with Gasteiger partial charge < -0.3 is 4.84 Å². The zero-order valence-electron chi connectivity index (χ0n) is 5.67. The summed E-state index contributed by atoms with van der Waals surface area (Å²) < 4.78 is 1.00. The summed E-state index contributed by atoms with van der Waals surface area (Å²) in [4.78, 5) is 5.21. The van der Waals surface area contributed by atoms with E-state index in [0.29, 0.717) is 0 Å². The summed E-state index contributed by atoms with van der Waals surface area (Å²) in [5, 5.41) is 0. The van der Waals surface area contributed by atoms with Crippen molar-refractivity contribution < 1.29 is 4.84 Å². The molecular formula is C8H6INO. The summed E-state index contributed by atoms with van der Waals surface area (Å²) >= 11 is 2.18. The van der Waals surface area contributed by atoms with Crippen molar-refractivity contribution in [3.05, 3.63) is 33.5 Å². The molecule has 1 aromatic carbocycles. The molecule has 1 heterocycles. The van der Waals surface area contributed by atoms with E-state index < -0.39 is 0 Å². The van der Waals surface area contributed by atoms with E-state index in [0.717, 1.165) is 15.0 Å². The van der Waals surface area contributed by atoms with Crippen LogP contribution in [0.3, 0.4) is 0 Å². The Kier molecular flexibility index (Phi) is 1.73. The van der Waals surface area contributed by atoms with Gasteiger partial charge in [0.15, 0.2) is 5.75 Å². The van der Waals surface area contributed by atoms with Crippen LogP contribution in [-0.2, 0) is 0 Å². The van der Waals surface area contributed by atoms with Crippen molar-refractivity contribution in [3.8, 4) is 5.75 Å². The molecule has 0 unspecified atom stereocenters. The predicted octanol–water partition coefficient (Wildman–Crippen LogP) is 2.32. The van der Waals surface area contributed by atoms with E-state index in [4.69, 9.17) is 4.84 Å². The van der Waals surface area contributed by atoms with Crippen molar-refractivity contribution in [3.63, 3.8) is 0 Å². The fraction of sp³-hybridized carbons (Fsp3) is 0. The van der Waals surface area contributed by atoms with Crippen LogP contribution in [0.1, 0.15) is 5.56 Å². The van der Waals surface area contributed by atoms with E-state index >= 15 is 0 Å². The van der Waals surface area contributed by atoms with Crippen molar-refractivity contribution >= 4 is 28.7 Å². The molecule has 0 aliphatic carbocycles. The molecule has 0 atom stereocenters. The standard InChI is InChI=1S/C8H6INO/c9-8-5-6-3-1-2-4-7(6)11-10-8/h1-5,10H. The van der Waals surface area contributed by atoms with Crippen LogP contribution < -0.4 is 10.3 Å². The van der Waals surface area contributed by atoms with Crippen LogP contribution in [0, 0.1) is 0 Å². The normalized spacial score (nSPS) is 14.1. The molecule has 1 aliphatic rings. The second kappa shape index (κ2) is 2.73. The van der Waals surface area contributed by atoms with Crippen LogP contribution in [-0.4, -0.2) is 0 Å². The Morgan fingerprint density at radius 2 is 2.09 bits per heavy atom. The van der Waals surface area contributed by atoms with Crippen LogP contribution in [0.4, 0.5) is 0 Å². The van der Waals surface area contributed by atoms with Gasteiger partial charge in [0.2, 0.25) is 0 Å². The van der Waals surface area contributed by atoms with E-state index in [1.54, 1.807) is 0 Å². The number of hydrogen-bond donors (Lipinski definition) is 1. The zero-order valence-corrected chi connectivity index (χ0v) is 7.83. The second-order valence-electron chi connectivity index (χ2n) is 2.23. The Labute approximate surface area is 78.3 Å². The summed E-state index contributed by atoms with van der Waals surface area (Å²) in [6.45, 7) is 0. The zero-order chi connectivity index (χ0) is 7.68. The minimum Gasteiger partial charge on any atom is -0.381 e. The van der Waals surface area contributed by atoms with Gasteiger partial charge in [-0.1, -0.05) is 18.2 Å². The van der Waals surface area contributed by atoms with E-state index in [2.05, 4.69) is 28.1 Å². The maximum atomic E-state index is 5.21. The first-order chi connectivity index (χ1) is 5.36. The summed E-state index contributed by atoms with van der Waals surface area (Å²) in [6, 6.07) is 7.90. The molecule has 1 aromatic rings. The third kappa shape index (κ3) is 1.33. The Balaban J connectivity index is 2.51. The first-order valence-corrected chi connectivity index (χ1v) is 4.33. The van der Waals surface area contributed by atoms with Gasteiger partial charge in [-0.2, -0.15) is 0 Å². The topological polar surface area (TPSA) is 21.3 Å². The fourth-order valence-corrected chi connectivity index (χ4v) is 1.41. The Bertz CT molecular complexity index is 309. The molecule has 11 heavy (non-hydrogen) atoms. The molecule has 1 N–H and O–H groups in total. The maximum Gasteiger partial charge on any atom is 0.162 e. The molecule has 0 bridgehead atoms. The average Bonchev–Trinajstić information content (AvgIpc) is 2.04. The van der Waals surface area contributed by atoms with E-state index in [-0.39, 0.29) is 0 Å². The third-order valence-electron chi connectivity index (χ3n) is 1.46. The van der Waals surface area contributed by atoms with Crippen LogP contribution in [0.25, 0.3) is 6.08 Å². The highest BCUT2D eigenvalue weighted by molar-refractivity contribution is 14.1. The van der Waals surface area contributed by atoms with Gasteiger partial charge in [-0.05, 0) is 34.7 Å². The van der Waals surface area contributed by atoms with Crippen molar-refractivity contribution in [1.82, 2.24) is 5.48 Å². The number of halogens is 1. The summed E-state index contributed by atoms with van der Waals surface area (Å²) in [7, 11) is 0. The molecule has 3 heteroatoms. The summed E-state index contributed by atoms with van der Waals surface area (Å²) in [5.74, 6) is 0.882. The van der Waals surface area contributed by atoms with Gasteiger partial charge in [0.05, 0.1) is 0 Å². The van der Waals surface area contributed by atoms with Gasteiger partial charge in [-0.15, -0.1) is 0 Å². The molecule has 2 rings (SSSR count). The summed E-state index contributed by atoms with van der Waals surface area (Å²) in [6.07, 6.45) is 2.04. The van der Waals surface area contributed by atoms with Crippen molar-refractivity contribution in [2.24, 2.45) is 0 Å². The molecule has 2 nitrogen and oxygen atoms in total. The highest BCUT2D eigenvalue weighted by atomic mass is 127. The number of nitrogens with one attached hydrogen (secondary N) is 1. The third-order valence-corrected chi connectivity index (χ3v) is 1.99. The maximum absolute atomic E-state index is 5.21. The van der Waals surface area contributed by atoms with Crippen LogP contribution in [0.5, 0.6) is 5.75 Å². The molecule has 56 valence electrons. The fourth-order valence-electron chi connectivity index (χ4n) is 0.962. The smallest absolute Gasteiger partial charge is 0.162 e. The molecule has 0 fully saturated rings. The van der Waals surface area contributed by atoms with E-state index in [1.807, 2.05) is 30.3 Å². The summed E-state index contributed by atoms with van der Waals surface area (Å²) in [5.41, 5.74) is 3.91. The predicted molar refractivity (Wildman–Crippen MR) is 52.2 cm³/mol. The molecule has 0 spiro atoms. The van der Waals surface area contributed by atoms with Crippen LogP contribution >= 0.6 is 22.6 Å². The van der Waals surface area contributed by atoms with Gasteiger partial charge in [0.25, 0.3) is 0 Å². The molecule has 0 saturated carbocycles. The number of benzene rings is 1. The van der Waals surface area contributed by atoms with Gasteiger partial charge in [0, 0.05) is 5.56 Å². The molecule has 0 radical (unpaired) electrons. The highest BCUT2D eigenvalue weighted by Gasteiger charge is 2.06. The monoisotopic (exact) mass is 259 g/mol. The van der Waals surface area contributed by atoms with Crippen LogP contribution in [0.15, 0.2) is 28.0 Å². The van der Waals surface area contributed by atoms with Gasteiger partial charge in [-0.25, -0.2) is 5.48 Å². The Hall–Kier alpha value is -0.710. The first kappa shape index (κ1) is 6.97. The van der Waals surface area contributed by atoms with E-state index in [1.165, 1.54) is 0 Å². The van der Waals surface area contributed by atoms with Gasteiger partial charge in [-0.3, -0.25) is 0 Å². The van der Waals surface area contributed by atoms with Gasteiger partial charge in [0.1, 0.15) is 3.70 Å². The second-order valence-corrected chi connectivity index (χ2v) is 3.40. The quantitative estimate of drug-likeness (QED) is 0.570. The number of hydroxylamine groups is 1.